The summed E-state index contributed by atoms with van der Waals surface area (Å²) in [7, 11) is 0. The van der Waals surface area contributed by atoms with Gasteiger partial charge in [-0.05, 0) is 74.2 Å². The van der Waals surface area contributed by atoms with Crippen molar-refractivity contribution in [1.82, 2.24) is 5.32 Å². The third kappa shape index (κ3) is 5.67. The van der Waals surface area contributed by atoms with Crippen molar-refractivity contribution in [1.29, 1.82) is 5.41 Å². The van der Waals surface area contributed by atoms with Crippen molar-refractivity contribution in [2.24, 2.45) is 11.7 Å². The van der Waals surface area contributed by atoms with Crippen LogP contribution in [0.4, 0.5) is 5.69 Å². The minimum atomic E-state index is -0.448. The van der Waals surface area contributed by atoms with Gasteiger partial charge in [0.05, 0.1) is 12.2 Å². The van der Waals surface area contributed by atoms with E-state index in [0.717, 1.165) is 37.1 Å². The summed E-state index contributed by atoms with van der Waals surface area (Å²) in [6.07, 6.45) is 2.43. The highest BCUT2D eigenvalue weighted by molar-refractivity contribution is 5.98. The van der Waals surface area contributed by atoms with Gasteiger partial charge in [0.25, 0.3) is 0 Å². The molecule has 1 aliphatic rings. The van der Waals surface area contributed by atoms with E-state index in [9.17, 15) is 9.59 Å². The number of amidine groups is 1. The van der Waals surface area contributed by atoms with Crippen molar-refractivity contribution in [3.8, 4) is 11.1 Å². The van der Waals surface area contributed by atoms with Crippen molar-refractivity contribution in [2.75, 3.05) is 25.0 Å². The zero-order valence-electron chi connectivity index (χ0n) is 17.2. The van der Waals surface area contributed by atoms with Gasteiger partial charge in [-0.3, -0.25) is 10.2 Å². The molecule has 1 amide bonds. The predicted molar refractivity (Wildman–Crippen MR) is 118 cm³/mol. The Morgan fingerprint density at radius 1 is 1.13 bits per heavy atom. The maximum Gasteiger partial charge on any atom is 0.338 e. The lowest BCUT2D eigenvalue weighted by atomic mass is 9.94. The maximum atomic E-state index is 12.6. The molecule has 0 spiro atoms. The zero-order chi connectivity index (χ0) is 21.5. The lowest BCUT2D eigenvalue weighted by Crippen LogP contribution is -2.30. The van der Waals surface area contributed by atoms with Gasteiger partial charge < -0.3 is 21.1 Å². The van der Waals surface area contributed by atoms with E-state index in [1.54, 1.807) is 37.3 Å². The Morgan fingerprint density at radius 2 is 1.87 bits per heavy atom. The molecule has 1 fully saturated rings. The summed E-state index contributed by atoms with van der Waals surface area (Å²) in [4.78, 5) is 24.9. The molecule has 5 N–H and O–H groups in total. The topological polar surface area (TPSA) is 117 Å². The van der Waals surface area contributed by atoms with Crippen molar-refractivity contribution >= 4 is 23.4 Å². The van der Waals surface area contributed by atoms with Crippen LogP contribution in [0.25, 0.3) is 11.1 Å². The smallest absolute Gasteiger partial charge is 0.338 e. The van der Waals surface area contributed by atoms with Crippen LogP contribution in [0.2, 0.25) is 0 Å². The third-order valence-electron chi connectivity index (χ3n) is 5.17. The highest BCUT2D eigenvalue weighted by Gasteiger charge is 2.18. The first-order valence-corrected chi connectivity index (χ1v) is 10.2. The van der Waals surface area contributed by atoms with Gasteiger partial charge in [0.2, 0.25) is 5.91 Å². The fourth-order valence-electron chi connectivity index (χ4n) is 3.63. The molecule has 0 bridgehead atoms. The first-order valence-electron chi connectivity index (χ1n) is 10.2. The summed E-state index contributed by atoms with van der Waals surface area (Å²) in [6, 6.07) is 12.4. The lowest BCUT2D eigenvalue weighted by molar-refractivity contribution is -0.117. The fourth-order valence-corrected chi connectivity index (χ4v) is 3.63. The van der Waals surface area contributed by atoms with Gasteiger partial charge in [0.1, 0.15) is 5.84 Å². The third-order valence-corrected chi connectivity index (χ3v) is 5.17. The van der Waals surface area contributed by atoms with Crippen LogP contribution in [0.5, 0.6) is 0 Å². The molecule has 0 saturated carbocycles. The molecule has 0 aromatic heterocycles. The van der Waals surface area contributed by atoms with Crippen molar-refractivity contribution in [2.45, 2.75) is 26.2 Å². The van der Waals surface area contributed by atoms with E-state index in [4.69, 9.17) is 15.9 Å². The monoisotopic (exact) mass is 408 g/mol. The van der Waals surface area contributed by atoms with Crippen LogP contribution < -0.4 is 16.4 Å². The Balaban J connectivity index is 1.88. The minimum absolute atomic E-state index is 0.0334. The SMILES string of the molecule is CCOC(=O)c1cc(NC(=O)CC2CCNCC2)cc(-c2cccc(C(=N)N)c2)c1. The van der Waals surface area contributed by atoms with Crippen LogP contribution >= 0.6 is 0 Å². The Kier molecular flexibility index (Phi) is 7.19. The molecule has 7 nitrogen and oxygen atoms in total. The molecular weight excluding hydrogens is 380 g/mol. The summed E-state index contributed by atoms with van der Waals surface area (Å²) < 4.78 is 5.15. The van der Waals surface area contributed by atoms with Gasteiger partial charge in [0.15, 0.2) is 0 Å². The van der Waals surface area contributed by atoms with Crippen LogP contribution in [0.3, 0.4) is 0 Å². The number of carbonyl (C=O) groups excluding carboxylic acids is 2. The molecule has 0 atom stereocenters. The average molecular weight is 409 g/mol. The van der Waals surface area contributed by atoms with Gasteiger partial charge in [-0.1, -0.05) is 18.2 Å². The maximum absolute atomic E-state index is 12.6. The van der Waals surface area contributed by atoms with E-state index in [2.05, 4.69) is 10.6 Å². The first-order chi connectivity index (χ1) is 14.5. The summed E-state index contributed by atoms with van der Waals surface area (Å²) >= 11 is 0. The quantitative estimate of drug-likeness (QED) is 0.319. The molecule has 1 heterocycles. The predicted octanol–water partition coefficient (Wildman–Crippen LogP) is 3.14. The highest BCUT2D eigenvalue weighted by Crippen LogP contribution is 2.27. The van der Waals surface area contributed by atoms with Gasteiger partial charge in [-0.15, -0.1) is 0 Å². The van der Waals surface area contributed by atoms with Gasteiger partial charge in [0, 0.05) is 17.7 Å². The van der Waals surface area contributed by atoms with E-state index in [1.807, 2.05) is 12.1 Å². The second kappa shape index (κ2) is 10.0. The van der Waals surface area contributed by atoms with Crippen LogP contribution in [-0.2, 0) is 9.53 Å². The van der Waals surface area contributed by atoms with E-state index < -0.39 is 5.97 Å². The van der Waals surface area contributed by atoms with Gasteiger partial charge >= 0.3 is 5.97 Å². The van der Waals surface area contributed by atoms with E-state index in [1.165, 1.54) is 0 Å². The molecule has 0 radical (unpaired) electrons. The van der Waals surface area contributed by atoms with E-state index in [0.29, 0.717) is 29.2 Å². The number of nitrogens with two attached hydrogens (primary N) is 1. The molecule has 7 heteroatoms. The molecular formula is C23H28N4O3. The zero-order valence-corrected chi connectivity index (χ0v) is 17.2. The number of ether oxygens (including phenoxy) is 1. The number of hydrogen-bond acceptors (Lipinski definition) is 5. The first kappa shape index (κ1) is 21.5. The van der Waals surface area contributed by atoms with Gasteiger partial charge in [-0.25, -0.2) is 4.79 Å². The van der Waals surface area contributed by atoms with Crippen LogP contribution in [-0.4, -0.2) is 37.4 Å². The largest absolute Gasteiger partial charge is 0.462 e. The van der Waals surface area contributed by atoms with E-state index in [-0.39, 0.29) is 18.3 Å². The number of anilines is 1. The van der Waals surface area contributed by atoms with Gasteiger partial charge in [-0.2, -0.15) is 0 Å². The number of amides is 1. The minimum Gasteiger partial charge on any atom is -0.462 e. The number of nitrogen functional groups attached to an aromatic ring is 1. The molecule has 3 rings (SSSR count). The van der Waals surface area contributed by atoms with Crippen molar-refractivity contribution < 1.29 is 14.3 Å². The Bertz CT molecular complexity index is 936. The Labute approximate surface area is 176 Å². The second-order valence-electron chi connectivity index (χ2n) is 7.46. The molecule has 0 aliphatic carbocycles. The fraction of sp³-hybridized carbons (Fsp3) is 0.348. The Morgan fingerprint density at radius 3 is 2.57 bits per heavy atom. The number of esters is 1. The van der Waals surface area contributed by atoms with Crippen LogP contribution in [0.15, 0.2) is 42.5 Å². The summed E-state index contributed by atoms with van der Waals surface area (Å²) in [5.41, 5.74) is 8.64. The second-order valence-corrected chi connectivity index (χ2v) is 7.46. The highest BCUT2D eigenvalue weighted by atomic mass is 16.5. The average Bonchev–Trinajstić information content (AvgIpc) is 2.74. The number of rotatable bonds is 7. The molecule has 0 unspecified atom stereocenters. The molecule has 2 aromatic rings. The number of nitrogens with one attached hydrogen (secondary N) is 3. The normalized spacial score (nSPS) is 14.2. The Hall–Kier alpha value is -3.19. The summed E-state index contributed by atoms with van der Waals surface area (Å²) in [5.74, 6) is -0.178. The lowest BCUT2D eigenvalue weighted by Gasteiger charge is -2.22. The number of hydrogen-bond donors (Lipinski definition) is 4. The number of benzene rings is 2. The van der Waals surface area contributed by atoms with Crippen LogP contribution in [0.1, 0.15) is 42.1 Å². The standard InChI is InChI=1S/C23H28N4O3/c1-2-30-23(29)19-12-18(16-4-3-5-17(11-16)22(24)25)13-20(14-19)27-21(28)10-15-6-8-26-9-7-15/h3-5,11-15,26H,2,6-10H2,1H3,(H3,24,25)(H,27,28). The number of piperidine rings is 1. The van der Waals surface area contributed by atoms with E-state index >= 15 is 0 Å². The number of carbonyl (C=O) groups is 2. The molecule has 158 valence electrons. The molecule has 30 heavy (non-hydrogen) atoms. The summed E-state index contributed by atoms with van der Waals surface area (Å²) in [6.45, 7) is 3.89. The summed E-state index contributed by atoms with van der Waals surface area (Å²) in [5, 5.41) is 13.9. The van der Waals surface area contributed by atoms with Crippen molar-refractivity contribution in [3.05, 3.63) is 53.6 Å². The molecule has 1 aliphatic heterocycles. The molecule has 1 saturated heterocycles. The molecule has 2 aromatic carbocycles. The van der Waals surface area contributed by atoms with Crippen molar-refractivity contribution in [3.63, 3.8) is 0 Å². The van der Waals surface area contributed by atoms with Crippen LogP contribution in [0, 0.1) is 11.3 Å².